The van der Waals surface area contributed by atoms with Gasteiger partial charge in [0.05, 0.1) is 24.5 Å². The molecule has 2 aromatic heterocycles. The topological polar surface area (TPSA) is 55.6 Å². The minimum absolute atomic E-state index is 0.0303. The molecule has 5 nitrogen and oxygen atoms in total. The molecule has 0 spiro atoms. The number of nitrogens with zero attached hydrogens (tertiary/aromatic N) is 2. The number of benzene rings is 2. The van der Waals surface area contributed by atoms with E-state index in [0.29, 0.717) is 31.9 Å². The molecule has 1 fully saturated rings. The molecular weight excluding hydrogens is 407 g/mol. The Morgan fingerprint density at radius 1 is 1.03 bits per heavy atom. The standard InChI is InChI=1S/C26H23FN2O3/c1-2-22-14-20-13-19(15-23(25(20)32-22)17-3-6-21(27)7-4-17)24-8-5-18(16-28-24)26(30)29-9-11-31-12-10-29/h3-8,13-16H,2,9-12H2,1H3. The summed E-state index contributed by atoms with van der Waals surface area (Å²) >= 11 is 0. The van der Waals surface area contributed by atoms with E-state index in [4.69, 9.17) is 9.15 Å². The molecule has 1 saturated heterocycles. The van der Waals surface area contributed by atoms with E-state index in [2.05, 4.69) is 4.98 Å². The molecule has 0 atom stereocenters. The van der Waals surface area contributed by atoms with E-state index in [-0.39, 0.29) is 11.7 Å². The summed E-state index contributed by atoms with van der Waals surface area (Å²) < 4.78 is 24.9. The average molecular weight is 430 g/mol. The number of hydrogen-bond acceptors (Lipinski definition) is 4. The van der Waals surface area contributed by atoms with Crippen molar-refractivity contribution in [3.63, 3.8) is 0 Å². The number of carbonyl (C=O) groups excluding carboxylic acids is 1. The summed E-state index contributed by atoms with van der Waals surface area (Å²) in [4.78, 5) is 19.1. The van der Waals surface area contributed by atoms with Crippen LogP contribution in [0.1, 0.15) is 23.0 Å². The number of ether oxygens (including phenoxy) is 1. The van der Waals surface area contributed by atoms with Gasteiger partial charge in [-0.15, -0.1) is 0 Å². The summed E-state index contributed by atoms with van der Waals surface area (Å²) in [6, 6.07) is 16.1. The maximum Gasteiger partial charge on any atom is 0.255 e. The molecule has 2 aromatic carbocycles. The fourth-order valence-corrected chi connectivity index (χ4v) is 4.01. The van der Waals surface area contributed by atoms with Gasteiger partial charge in [0.15, 0.2) is 0 Å². The van der Waals surface area contributed by atoms with Crippen LogP contribution in [-0.4, -0.2) is 42.1 Å². The Labute approximate surface area is 185 Å². The first-order valence-electron chi connectivity index (χ1n) is 10.8. The van der Waals surface area contributed by atoms with E-state index >= 15 is 0 Å². The van der Waals surface area contributed by atoms with Crippen LogP contribution in [0.15, 0.2) is 65.2 Å². The first-order chi connectivity index (χ1) is 15.6. The van der Waals surface area contributed by atoms with Crippen molar-refractivity contribution in [3.8, 4) is 22.4 Å². The van der Waals surface area contributed by atoms with E-state index in [9.17, 15) is 9.18 Å². The van der Waals surface area contributed by atoms with Gasteiger partial charge in [-0.3, -0.25) is 9.78 Å². The van der Waals surface area contributed by atoms with E-state index in [1.54, 1.807) is 23.2 Å². The molecule has 0 N–H and O–H groups in total. The second kappa shape index (κ2) is 8.55. The molecule has 6 heteroatoms. The first kappa shape index (κ1) is 20.4. The normalized spacial score (nSPS) is 14.1. The quantitative estimate of drug-likeness (QED) is 0.439. The summed E-state index contributed by atoms with van der Waals surface area (Å²) in [6.07, 6.45) is 2.41. The fourth-order valence-electron chi connectivity index (χ4n) is 4.01. The Morgan fingerprint density at radius 3 is 2.50 bits per heavy atom. The predicted octanol–water partition coefficient (Wildman–Crippen LogP) is 5.34. The second-order valence-electron chi connectivity index (χ2n) is 7.85. The molecule has 0 bridgehead atoms. The Balaban J connectivity index is 1.53. The van der Waals surface area contributed by atoms with Crippen molar-refractivity contribution in [2.24, 2.45) is 0 Å². The minimum atomic E-state index is -0.281. The van der Waals surface area contributed by atoms with E-state index in [1.807, 2.05) is 37.3 Å². The third-order valence-corrected chi connectivity index (χ3v) is 5.78. The number of morpholine rings is 1. The number of hydrogen-bond donors (Lipinski definition) is 0. The summed E-state index contributed by atoms with van der Waals surface area (Å²) in [7, 11) is 0. The van der Waals surface area contributed by atoms with Crippen molar-refractivity contribution in [3.05, 3.63) is 77.9 Å². The van der Waals surface area contributed by atoms with Crippen LogP contribution < -0.4 is 0 Å². The number of halogens is 1. The number of amides is 1. The molecule has 3 heterocycles. The SMILES string of the molecule is CCc1cc2cc(-c3ccc(C(=O)N4CCOCC4)cn3)cc(-c3ccc(F)cc3)c2o1. The van der Waals surface area contributed by atoms with Crippen molar-refractivity contribution in [1.82, 2.24) is 9.88 Å². The fraction of sp³-hybridized carbons (Fsp3) is 0.231. The van der Waals surface area contributed by atoms with E-state index < -0.39 is 0 Å². The van der Waals surface area contributed by atoms with E-state index in [0.717, 1.165) is 45.5 Å². The number of aryl methyl sites for hydroxylation is 1. The van der Waals surface area contributed by atoms with Crippen LogP contribution in [0, 0.1) is 5.82 Å². The van der Waals surface area contributed by atoms with Crippen molar-refractivity contribution >= 4 is 16.9 Å². The smallest absolute Gasteiger partial charge is 0.255 e. The molecular formula is C26H23FN2O3. The van der Waals surface area contributed by atoms with Gasteiger partial charge in [-0.1, -0.05) is 19.1 Å². The van der Waals surface area contributed by atoms with Crippen LogP contribution in [0.2, 0.25) is 0 Å². The predicted molar refractivity (Wildman–Crippen MR) is 121 cm³/mol. The molecule has 1 aliphatic rings. The Hall–Kier alpha value is -3.51. The molecule has 1 amide bonds. The third-order valence-electron chi connectivity index (χ3n) is 5.78. The molecule has 0 unspecified atom stereocenters. The Kier molecular flexibility index (Phi) is 5.45. The van der Waals surface area contributed by atoms with Gasteiger partial charge in [0.1, 0.15) is 17.2 Å². The van der Waals surface area contributed by atoms with Gasteiger partial charge in [0.25, 0.3) is 5.91 Å². The largest absolute Gasteiger partial charge is 0.460 e. The average Bonchev–Trinajstić information content (AvgIpc) is 3.28. The summed E-state index contributed by atoms with van der Waals surface area (Å²) in [6.45, 7) is 4.36. The monoisotopic (exact) mass is 430 g/mol. The van der Waals surface area contributed by atoms with E-state index in [1.165, 1.54) is 12.1 Å². The number of rotatable bonds is 4. The van der Waals surface area contributed by atoms with Crippen LogP contribution in [0.3, 0.4) is 0 Å². The second-order valence-corrected chi connectivity index (χ2v) is 7.85. The minimum Gasteiger partial charge on any atom is -0.460 e. The number of fused-ring (bicyclic) bond motifs is 1. The lowest BCUT2D eigenvalue weighted by Crippen LogP contribution is -2.40. The van der Waals surface area contributed by atoms with Gasteiger partial charge in [0.2, 0.25) is 0 Å². The summed E-state index contributed by atoms with van der Waals surface area (Å²) in [5, 5.41) is 0.967. The van der Waals surface area contributed by atoms with Crippen LogP contribution in [-0.2, 0) is 11.2 Å². The highest BCUT2D eigenvalue weighted by Crippen LogP contribution is 2.35. The summed E-state index contributed by atoms with van der Waals surface area (Å²) in [5.41, 5.74) is 4.75. The number of furan rings is 1. The van der Waals surface area contributed by atoms with Crippen molar-refractivity contribution < 1.29 is 18.3 Å². The number of aromatic nitrogens is 1. The lowest BCUT2D eigenvalue weighted by atomic mass is 9.98. The number of pyridine rings is 1. The van der Waals surface area contributed by atoms with Crippen LogP contribution in [0.5, 0.6) is 0 Å². The van der Waals surface area contributed by atoms with Gasteiger partial charge < -0.3 is 14.1 Å². The Morgan fingerprint density at radius 2 is 1.81 bits per heavy atom. The van der Waals surface area contributed by atoms with Gasteiger partial charge in [-0.25, -0.2) is 4.39 Å². The summed E-state index contributed by atoms with van der Waals surface area (Å²) in [5.74, 6) is 0.578. The van der Waals surface area contributed by atoms with Crippen molar-refractivity contribution in [2.75, 3.05) is 26.3 Å². The first-order valence-corrected chi connectivity index (χ1v) is 10.8. The zero-order chi connectivity index (χ0) is 22.1. The highest BCUT2D eigenvalue weighted by Gasteiger charge is 2.19. The lowest BCUT2D eigenvalue weighted by Gasteiger charge is -2.26. The maximum atomic E-state index is 13.5. The van der Waals surface area contributed by atoms with Crippen LogP contribution in [0.4, 0.5) is 4.39 Å². The zero-order valence-corrected chi connectivity index (χ0v) is 17.8. The van der Waals surface area contributed by atoms with Crippen molar-refractivity contribution in [2.45, 2.75) is 13.3 Å². The zero-order valence-electron chi connectivity index (χ0n) is 17.8. The number of carbonyl (C=O) groups is 1. The molecule has 0 aliphatic carbocycles. The van der Waals surface area contributed by atoms with Crippen LogP contribution >= 0.6 is 0 Å². The third kappa shape index (κ3) is 3.89. The highest BCUT2D eigenvalue weighted by atomic mass is 19.1. The van der Waals surface area contributed by atoms with Gasteiger partial charge >= 0.3 is 0 Å². The molecule has 5 rings (SSSR count). The van der Waals surface area contributed by atoms with Crippen molar-refractivity contribution in [1.29, 1.82) is 0 Å². The Bertz CT molecular complexity index is 1260. The molecule has 0 saturated carbocycles. The maximum absolute atomic E-state index is 13.5. The molecule has 32 heavy (non-hydrogen) atoms. The van der Waals surface area contributed by atoms with Crippen LogP contribution in [0.25, 0.3) is 33.4 Å². The molecule has 0 radical (unpaired) electrons. The van der Waals surface area contributed by atoms with Gasteiger partial charge in [-0.05, 0) is 48.0 Å². The van der Waals surface area contributed by atoms with Gasteiger partial charge in [-0.2, -0.15) is 0 Å². The van der Waals surface area contributed by atoms with Gasteiger partial charge in [0, 0.05) is 42.2 Å². The molecule has 4 aromatic rings. The molecule has 1 aliphatic heterocycles. The molecule has 162 valence electrons. The lowest BCUT2D eigenvalue weighted by molar-refractivity contribution is 0.0302. The highest BCUT2D eigenvalue weighted by molar-refractivity contribution is 5.97.